The molecule has 5 rings (SSSR count). The van der Waals surface area contributed by atoms with Crippen LogP contribution in [-0.4, -0.2) is 27.7 Å². The van der Waals surface area contributed by atoms with Crippen LogP contribution < -0.4 is 0 Å². The number of hydrogen-bond acceptors (Lipinski definition) is 5. The van der Waals surface area contributed by atoms with Gasteiger partial charge in [0.15, 0.2) is 10.9 Å². The van der Waals surface area contributed by atoms with Crippen molar-refractivity contribution in [3.8, 4) is 0 Å². The second-order valence-electron chi connectivity index (χ2n) is 10.7. The number of carbonyl (C=O) groups excluding carboxylic acids is 3. The van der Waals surface area contributed by atoms with Crippen molar-refractivity contribution in [2.24, 2.45) is 28.6 Å². The van der Waals surface area contributed by atoms with E-state index in [-0.39, 0.29) is 38.5 Å². The molecule has 1 unspecified atom stereocenters. The number of carbonyl (C=O) groups is 3. The molecule has 1 aliphatic heterocycles. The Hall–Kier alpha value is -1.10. The average molecular weight is 417 g/mol. The highest BCUT2D eigenvalue weighted by Crippen LogP contribution is 2.70. The van der Waals surface area contributed by atoms with Crippen molar-refractivity contribution in [1.82, 2.24) is 0 Å². The smallest absolute Gasteiger partial charge is 0.306 e. The minimum absolute atomic E-state index is 0.0119. The van der Waals surface area contributed by atoms with Gasteiger partial charge in [-0.2, -0.15) is 0 Å². The molecule has 158 valence electrons. The van der Waals surface area contributed by atoms with Gasteiger partial charge in [0.2, 0.25) is 0 Å². The first-order valence-electron chi connectivity index (χ1n) is 11.3. The maximum Gasteiger partial charge on any atom is 0.306 e. The van der Waals surface area contributed by atoms with Gasteiger partial charge in [-0.3, -0.25) is 14.4 Å². The summed E-state index contributed by atoms with van der Waals surface area (Å²) >= 11 is 1.50. The summed E-state index contributed by atoms with van der Waals surface area (Å²) in [6, 6.07) is 0. The lowest BCUT2D eigenvalue weighted by Gasteiger charge is -2.61. The van der Waals surface area contributed by atoms with Crippen LogP contribution in [-0.2, 0) is 19.1 Å². The van der Waals surface area contributed by atoms with E-state index in [1.54, 1.807) is 6.92 Å². The number of rotatable bonds is 1. The van der Waals surface area contributed by atoms with Crippen LogP contribution in [0.1, 0.15) is 78.6 Å². The van der Waals surface area contributed by atoms with E-state index < -0.39 is 0 Å². The normalized spacial score (nSPS) is 48.6. The van der Waals surface area contributed by atoms with Crippen molar-refractivity contribution >= 4 is 28.6 Å². The SMILES string of the molecule is CC(=O)SC1CC2=CC(=O)CC[C@]2(C)[C@H]2CC[C@@]3(C)[C@@H](CC[C@]34CCC(=O)O4)[C@H]12. The summed E-state index contributed by atoms with van der Waals surface area (Å²) in [7, 11) is 0. The highest BCUT2D eigenvalue weighted by Gasteiger charge is 2.68. The van der Waals surface area contributed by atoms with E-state index in [0.717, 1.165) is 44.9 Å². The van der Waals surface area contributed by atoms with Crippen molar-refractivity contribution in [2.75, 3.05) is 0 Å². The molecule has 0 aromatic carbocycles. The summed E-state index contributed by atoms with van der Waals surface area (Å²) in [6.07, 6.45) is 10.0. The summed E-state index contributed by atoms with van der Waals surface area (Å²) in [5, 5.41) is 0.409. The van der Waals surface area contributed by atoms with Crippen molar-refractivity contribution in [2.45, 2.75) is 89.4 Å². The van der Waals surface area contributed by atoms with Gasteiger partial charge in [-0.1, -0.05) is 31.2 Å². The van der Waals surface area contributed by atoms with E-state index in [4.69, 9.17) is 4.74 Å². The number of ether oxygens (including phenoxy) is 1. The number of fused-ring (bicyclic) bond motifs is 6. The van der Waals surface area contributed by atoms with Gasteiger partial charge in [0, 0.05) is 30.4 Å². The van der Waals surface area contributed by atoms with Crippen LogP contribution in [0.5, 0.6) is 0 Å². The minimum Gasteiger partial charge on any atom is -0.458 e. The number of ketones is 1. The summed E-state index contributed by atoms with van der Waals surface area (Å²) in [4.78, 5) is 36.4. The number of hydrogen-bond donors (Lipinski definition) is 0. The van der Waals surface area contributed by atoms with Gasteiger partial charge in [0.05, 0.1) is 0 Å². The molecule has 7 atom stereocenters. The number of thioether (sulfide) groups is 1. The molecule has 4 nitrogen and oxygen atoms in total. The standard InChI is InChI=1S/C24H32O4S/c1-14(25)29-19-13-15-12-16(26)4-8-22(15,2)17-5-9-23(3)18(21(17)19)6-10-24(23)11-7-20(27)28-24/h12,17-19,21H,4-11,13H2,1-3H3/t17-,18-,19?,21+,22-,23-,24-/m0/s1. The first-order valence-corrected chi connectivity index (χ1v) is 12.2. The number of esters is 1. The molecule has 0 radical (unpaired) electrons. The minimum atomic E-state index is -0.287. The molecule has 0 bridgehead atoms. The van der Waals surface area contributed by atoms with Gasteiger partial charge in [0.25, 0.3) is 0 Å². The fourth-order valence-electron chi connectivity index (χ4n) is 8.13. The summed E-state index contributed by atoms with van der Waals surface area (Å²) in [5.41, 5.74) is 1.09. The molecular formula is C24H32O4S. The largest absolute Gasteiger partial charge is 0.458 e. The molecule has 0 aromatic rings. The van der Waals surface area contributed by atoms with E-state index >= 15 is 0 Å². The van der Waals surface area contributed by atoms with Crippen LogP contribution in [0.4, 0.5) is 0 Å². The van der Waals surface area contributed by atoms with Crippen LogP contribution in [0, 0.1) is 28.6 Å². The van der Waals surface area contributed by atoms with E-state index in [2.05, 4.69) is 13.8 Å². The zero-order valence-electron chi connectivity index (χ0n) is 17.8. The van der Waals surface area contributed by atoms with Crippen molar-refractivity contribution in [3.05, 3.63) is 11.6 Å². The average Bonchev–Trinajstić information content (AvgIpc) is 3.17. The third-order valence-electron chi connectivity index (χ3n) is 9.61. The molecule has 4 aliphatic carbocycles. The lowest BCUT2D eigenvalue weighted by Crippen LogP contribution is -2.57. The van der Waals surface area contributed by atoms with Gasteiger partial charge < -0.3 is 4.74 Å². The molecule has 1 spiro atoms. The van der Waals surface area contributed by atoms with Crippen LogP contribution in [0.2, 0.25) is 0 Å². The zero-order valence-corrected chi connectivity index (χ0v) is 18.6. The molecule has 5 heteroatoms. The molecule has 4 fully saturated rings. The maximum absolute atomic E-state index is 12.2. The Morgan fingerprint density at radius 2 is 1.83 bits per heavy atom. The molecule has 0 amide bonds. The Bertz CT molecular complexity index is 818. The van der Waals surface area contributed by atoms with Gasteiger partial charge in [0.1, 0.15) is 5.60 Å². The van der Waals surface area contributed by atoms with Gasteiger partial charge in [-0.05, 0) is 74.2 Å². The fraction of sp³-hybridized carbons (Fsp3) is 0.792. The quantitative estimate of drug-likeness (QED) is 0.572. The van der Waals surface area contributed by atoms with Crippen molar-refractivity contribution in [1.29, 1.82) is 0 Å². The highest BCUT2D eigenvalue weighted by atomic mass is 32.2. The Morgan fingerprint density at radius 3 is 2.52 bits per heavy atom. The van der Waals surface area contributed by atoms with Crippen LogP contribution in [0.15, 0.2) is 11.6 Å². The molecule has 3 saturated carbocycles. The Labute approximate surface area is 177 Å². The van der Waals surface area contributed by atoms with Crippen LogP contribution >= 0.6 is 11.8 Å². The Kier molecular flexibility index (Phi) is 4.41. The summed E-state index contributed by atoms with van der Waals surface area (Å²) in [5.74, 6) is 1.67. The Morgan fingerprint density at radius 1 is 1.07 bits per heavy atom. The topological polar surface area (TPSA) is 60.4 Å². The van der Waals surface area contributed by atoms with Gasteiger partial charge in [-0.15, -0.1) is 0 Å². The first kappa shape index (κ1) is 19.8. The van der Waals surface area contributed by atoms with Crippen molar-refractivity contribution < 1.29 is 19.1 Å². The molecule has 1 saturated heterocycles. The maximum atomic E-state index is 12.2. The third kappa shape index (κ3) is 2.68. The fourth-order valence-corrected chi connectivity index (χ4v) is 9.36. The highest BCUT2D eigenvalue weighted by molar-refractivity contribution is 8.14. The predicted octanol–water partition coefficient (Wildman–Crippen LogP) is 4.85. The molecule has 1 heterocycles. The van der Waals surface area contributed by atoms with E-state index in [0.29, 0.717) is 30.6 Å². The van der Waals surface area contributed by atoms with Crippen LogP contribution in [0.25, 0.3) is 0 Å². The summed E-state index contributed by atoms with van der Waals surface area (Å²) in [6.45, 7) is 6.42. The second-order valence-corrected chi connectivity index (χ2v) is 12.1. The monoisotopic (exact) mass is 416 g/mol. The Balaban J connectivity index is 1.56. The zero-order chi connectivity index (χ0) is 20.6. The molecular weight excluding hydrogens is 384 g/mol. The van der Waals surface area contributed by atoms with Crippen molar-refractivity contribution in [3.63, 3.8) is 0 Å². The summed E-state index contributed by atoms with van der Waals surface area (Å²) < 4.78 is 6.06. The molecule has 5 aliphatic rings. The van der Waals surface area contributed by atoms with E-state index in [9.17, 15) is 14.4 Å². The van der Waals surface area contributed by atoms with E-state index in [1.807, 2.05) is 6.08 Å². The first-order chi connectivity index (χ1) is 13.7. The van der Waals surface area contributed by atoms with E-state index in [1.165, 1.54) is 17.3 Å². The number of allylic oxidation sites excluding steroid dienone is 1. The second kappa shape index (κ2) is 6.45. The lowest BCUT2D eigenvalue weighted by molar-refractivity contribution is -0.167. The van der Waals surface area contributed by atoms with Gasteiger partial charge in [-0.25, -0.2) is 0 Å². The van der Waals surface area contributed by atoms with Gasteiger partial charge >= 0.3 is 5.97 Å². The lowest BCUT2D eigenvalue weighted by atomic mass is 9.46. The third-order valence-corrected chi connectivity index (χ3v) is 10.7. The molecule has 0 aromatic heterocycles. The molecule has 29 heavy (non-hydrogen) atoms. The predicted molar refractivity (Wildman–Crippen MR) is 112 cm³/mol. The molecule has 0 N–H and O–H groups in total. The van der Waals surface area contributed by atoms with Crippen LogP contribution in [0.3, 0.4) is 0 Å².